The van der Waals surface area contributed by atoms with Crippen LogP contribution in [0.25, 0.3) is 0 Å². The van der Waals surface area contributed by atoms with Gasteiger partial charge in [-0.25, -0.2) is 4.79 Å². The summed E-state index contributed by atoms with van der Waals surface area (Å²) >= 11 is 0. The zero-order valence-corrected chi connectivity index (χ0v) is 10.3. The summed E-state index contributed by atoms with van der Waals surface area (Å²) in [6.07, 6.45) is 2.24. The number of nitrogens with one attached hydrogen (secondary N) is 1. The Hall–Kier alpha value is -2.31. The number of amides is 2. The SMILES string of the molecule is O=C1CN(C(=O)Cn2cccc2C(=O)O)CCCN1. The van der Waals surface area contributed by atoms with E-state index >= 15 is 0 Å². The molecule has 7 nitrogen and oxygen atoms in total. The molecule has 0 bridgehead atoms. The maximum Gasteiger partial charge on any atom is 0.352 e. The zero-order valence-electron chi connectivity index (χ0n) is 10.3. The van der Waals surface area contributed by atoms with Gasteiger partial charge in [0.1, 0.15) is 12.2 Å². The van der Waals surface area contributed by atoms with Crippen molar-refractivity contribution < 1.29 is 19.5 Å². The second-order valence-corrected chi connectivity index (χ2v) is 4.35. The fraction of sp³-hybridized carbons (Fsp3) is 0.417. The molecule has 1 aromatic rings. The van der Waals surface area contributed by atoms with Crippen LogP contribution in [0.3, 0.4) is 0 Å². The smallest absolute Gasteiger partial charge is 0.352 e. The topological polar surface area (TPSA) is 91.6 Å². The maximum atomic E-state index is 12.1. The van der Waals surface area contributed by atoms with Gasteiger partial charge in [-0.15, -0.1) is 0 Å². The van der Waals surface area contributed by atoms with Gasteiger partial charge in [-0.1, -0.05) is 0 Å². The number of carbonyl (C=O) groups excluding carboxylic acids is 2. The Labute approximate surface area is 109 Å². The minimum Gasteiger partial charge on any atom is -0.477 e. The molecule has 0 aliphatic carbocycles. The van der Waals surface area contributed by atoms with Gasteiger partial charge < -0.3 is 19.9 Å². The van der Waals surface area contributed by atoms with Crippen LogP contribution in [0.1, 0.15) is 16.9 Å². The lowest BCUT2D eigenvalue weighted by atomic mass is 10.3. The van der Waals surface area contributed by atoms with Crippen LogP contribution in [-0.4, -0.2) is 52.0 Å². The highest BCUT2D eigenvalue weighted by molar-refractivity contribution is 5.88. The molecular weight excluding hydrogens is 250 g/mol. The maximum absolute atomic E-state index is 12.1. The van der Waals surface area contributed by atoms with Gasteiger partial charge in [0, 0.05) is 19.3 Å². The molecule has 0 saturated carbocycles. The number of hydrogen-bond donors (Lipinski definition) is 2. The van der Waals surface area contributed by atoms with Gasteiger partial charge >= 0.3 is 5.97 Å². The van der Waals surface area contributed by atoms with Gasteiger partial charge in [0.15, 0.2) is 0 Å². The van der Waals surface area contributed by atoms with Crippen molar-refractivity contribution in [3.05, 3.63) is 24.0 Å². The molecular formula is C12H15N3O4. The highest BCUT2D eigenvalue weighted by Crippen LogP contribution is 2.05. The molecule has 7 heteroatoms. The molecule has 2 heterocycles. The number of carboxylic acid groups (broad SMARTS) is 1. The van der Waals surface area contributed by atoms with Gasteiger partial charge in [0.2, 0.25) is 11.8 Å². The van der Waals surface area contributed by atoms with Crippen molar-refractivity contribution in [2.45, 2.75) is 13.0 Å². The number of rotatable bonds is 3. The lowest BCUT2D eigenvalue weighted by molar-refractivity contribution is -0.135. The van der Waals surface area contributed by atoms with Crippen LogP contribution >= 0.6 is 0 Å². The van der Waals surface area contributed by atoms with Crippen molar-refractivity contribution in [2.75, 3.05) is 19.6 Å². The van der Waals surface area contributed by atoms with Gasteiger partial charge in [-0.3, -0.25) is 9.59 Å². The van der Waals surface area contributed by atoms with Crippen molar-refractivity contribution in [3.63, 3.8) is 0 Å². The first-order valence-corrected chi connectivity index (χ1v) is 6.01. The molecule has 1 aliphatic rings. The first-order valence-electron chi connectivity index (χ1n) is 6.01. The quantitative estimate of drug-likeness (QED) is 0.773. The Bertz CT molecular complexity index is 509. The van der Waals surface area contributed by atoms with Crippen molar-refractivity contribution in [3.8, 4) is 0 Å². The van der Waals surface area contributed by atoms with Gasteiger partial charge in [-0.2, -0.15) is 0 Å². The van der Waals surface area contributed by atoms with Crippen LogP contribution in [0.15, 0.2) is 18.3 Å². The standard InChI is InChI=1S/C12H15N3O4/c16-10-7-15(6-2-4-13-10)11(17)8-14-5-1-3-9(14)12(18)19/h1,3,5H,2,4,6-8H2,(H,13,16)(H,18,19). The highest BCUT2D eigenvalue weighted by atomic mass is 16.4. The first kappa shape index (κ1) is 13.1. The lowest BCUT2D eigenvalue weighted by Crippen LogP contribution is -2.39. The molecule has 0 aromatic carbocycles. The molecule has 1 saturated heterocycles. The van der Waals surface area contributed by atoms with E-state index in [1.54, 1.807) is 12.3 Å². The summed E-state index contributed by atoms with van der Waals surface area (Å²) in [6.45, 7) is 1.03. The summed E-state index contributed by atoms with van der Waals surface area (Å²) in [4.78, 5) is 35.8. The van der Waals surface area contributed by atoms with Crippen molar-refractivity contribution in [2.24, 2.45) is 0 Å². The third-order valence-electron chi connectivity index (χ3n) is 2.97. The van der Waals surface area contributed by atoms with E-state index in [1.165, 1.54) is 15.5 Å². The first-order chi connectivity index (χ1) is 9.08. The second kappa shape index (κ2) is 5.55. The summed E-state index contributed by atoms with van der Waals surface area (Å²) < 4.78 is 1.37. The highest BCUT2D eigenvalue weighted by Gasteiger charge is 2.21. The molecule has 0 radical (unpaired) electrons. The Morgan fingerprint density at radius 1 is 1.42 bits per heavy atom. The summed E-state index contributed by atoms with van der Waals surface area (Å²) in [7, 11) is 0. The average molecular weight is 265 g/mol. The van der Waals surface area contributed by atoms with E-state index in [1.807, 2.05) is 0 Å². The van der Waals surface area contributed by atoms with E-state index in [2.05, 4.69) is 5.32 Å². The molecule has 2 N–H and O–H groups in total. The molecule has 102 valence electrons. The molecule has 1 aliphatic heterocycles. The third-order valence-corrected chi connectivity index (χ3v) is 2.97. The van der Waals surface area contributed by atoms with Crippen LogP contribution < -0.4 is 5.32 Å². The van der Waals surface area contributed by atoms with Crippen LogP contribution in [0, 0.1) is 0 Å². The van der Waals surface area contributed by atoms with Crippen LogP contribution in [0.5, 0.6) is 0 Å². The number of aromatic carboxylic acids is 1. The largest absolute Gasteiger partial charge is 0.477 e. The monoisotopic (exact) mass is 265 g/mol. The Morgan fingerprint density at radius 2 is 2.21 bits per heavy atom. The minimum atomic E-state index is -1.08. The predicted molar refractivity (Wildman–Crippen MR) is 65.6 cm³/mol. The number of carboxylic acids is 1. The van der Waals surface area contributed by atoms with Gasteiger partial charge in [0.25, 0.3) is 0 Å². The van der Waals surface area contributed by atoms with E-state index < -0.39 is 5.97 Å². The van der Waals surface area contributed by atoms with Crippen LogP contribution in [-0.2, 0) is 16.1 Å². The lowest BCUT2D eigenvalue weighted by Gasteiger charge is -2.19. The van der Waals surface area contributed by atoms with E-state index in [0.717, 1.165) is 0 Å². The normalized spacial score (nSPS) is 15.8. The van der Waals surface area contributed by atoms with E-state index in [0.29, 0.717) is 19.5 Å². The Morgan fingerprint density at radius 3 is 2.95 bits per heavy atom. The van der Waals surface area contributed by atoms with Crippen molar-refractivity contribution >= 4 is 17.8 Å². The molecule has 2 amide bonds. The van der Waals surface area contributed by atoms with Gasteiger partial charge in [-0.05, 0) is 18.6 Å². The summed E-state index contributed by atoms with van der Waals surface area (Å²) in [5.74, 6) is -1.51. The molecule has 1 fully saturated rings. The molecule has 2 rings (SSSR count). The summed E-state index contributed by atoms with van der Waals surface area (Å²) in [5.41, 5.74) is 0.0626. The molecule has 0 unspecified atom stereocenters. The number of hydrogen-bond acceptors (Lipinski definition) is 3. The Balaban J connectivity index is 2.05. The van der Waals surface area contributed by atoms with E-state index in [-0.39, 0.29) is 30.6 Å². The summed E-state index contributed by atoms with van der Waals surface area (Å²) in [5, 5.41) is 11.6. The van der Waals surface area contributed by atoms with E-state index in [9.17, 15) is 14.4 Å². The molecule has 19 heavy (non-hydrogen) atoms. The minimum absolute atomic E-state index is 0.0303. The number of nitrogens with zero attached hydrogens (tertiary/aromatic N) is 2. The number of carbonyl (C=O) groups is 3. The van der Waals surface area contributed by atoms with E-state index in [4.69, 9.17) is 5.11 Å². The third kappa shape index (κ3) is 3.12. The van der Waals surface area contributed by atoms with Crippen molar-refractivity contribution in [1.82, 2.24) is 14.8 Å². The van der Waals surface area contributed by atoms with Gasteiger partial charge in [0.05, 0.1) is 6.54 Å². The van der Waals surface area contributed by atoms with Crippen molar-refractivity contribution in [1.29, 1.82) is 0 Å². The van der Waals surface area contributed by atoms with Crippen LogP contribution in [0.2, 0.25) is 0 Å². The zero-order chi connectivity index (χ0) is 13.8. The fourth-order valence-corrected chi connectivity index (χ4v) is 2.01. The molecule has 1 aromatic heterocycles. The Kier molecular flexibility index (Phi) is 3.84. The molecule has 0 atom stereocenters. The summed E-state index contributed by atoms with van der Waals surface area (Å²) in [6, 6.07) is 3.01. The molecule has 0 spiro atoms. The number of aromatic nitrogens is 1. The van der Waals surface area contributed by atoms with Crippen LogP contribution in [0.4, 0.5) is 0 Å². The second-order valence-electron chi connectivity index (χ2n) is 4.35. The predicted octanol–water partition coefficient (Wildman–Crippen LogP) is -0.465. The fourth-order valence-electron chi connectivity index (χ4n) is 2.01. The average Bonchev–Trinajstić information content (AvgIpc) is 2.70.